The number of halogens is 1. The fraction of sp³-hybridized carbons (Fsp3) is 0.522. The number of hydrogen-bond donors (Lipinski definition) is 2. The van der Waals surface area contributed by atoms with Crippen molar-refractivity contribution in [2.45, 2.75) is 39.2 Å². The number of likely N-dealkylation sites (tertiary alicyclic amines) is 1. The molecule has 2 unspecified atom stereocenters. The molecule has 1 aliphatic heterocycles. The largest absolute Gasteiger partial charge is 0.356 e. The molecular formula is C23H35IN4S. The third-order valence-electron chi connectivity index (χ3n) is 5.40. The molecule has 1 saturated heterocycles. The summed E-state index contributed by atoms with van der Waals surface area (Å²) in [6.07, 6.45) is 3.45. The average molecular weight is 527 g/mol. The minimum Gasteiger partial charge on any atom is -0.356 e. The van der Waals surface area contributed by atoms with Gasteiger partial charge in [0.15, 0.2) is 5.96 Å². The monoisotopic (exact) mass is 526 g/mol. The lowest BCUT2D eigenvalue weighted by atomic mass is 10.1. The van der Waals surface area contributed by atoms with Crippen LogP contribution in [0.3, 0.4) is 0 Å². The topological polar surface area (TPSA) is 39.7 Å². The summed E-state index contributed by atoms with van der Waals surface area (Å²) in [6.45, 7) is 8.93. The Labute approximate surface area is 197 Å². The highest BCUT2D eigenvalue weighted by atomic mass is 127. The maximum atomic E-state index is 4.42. The van der Waals surface area contributed by atoms with E-state index in [1.165, 1.54) is 34.8 Å². The van der Waals surface area contributed by atoms with Gasteiger partial charge in [0, 0.05) is 48.9 Å². The van der Waals surface area contributed by atoms with E-state index in [9.17, 15) is 0 Å². The van der Waals surface area contributed by atoms with Crippen molar-refractivity contribution < 1.29 is 0 Å². The summed E-state index contributed by atoms with van der Waals surface area (Å²) in [5.41, 5.74) is 1.43. The highest BCUT2D eigenvalue weighted by molar-refractivity contribution is 14.0. The van der Waals surface area contributed by atoms with Crippen LogP contribution in [0.15, 0.2) is 47.5 Å². The van der Waals surface area contributed by atoms with Crippen LogP contribution < -0.4 is 10.6 Å². The summed E-state index contributed by atoms with van der Waals surface area (Å²) < 4.78 is 0. The van der Waals surface area contributed by atoms with Crippen molar-refractivity contribution in [3.8, 4) is 0 Å². The van der Waals surface area contributed by atoms with Crippen molar-refractivity contribution in [1.82, 2.24) is 15.5 Å². The zero-order valence-electron chi connectivity index (χ0n) is 17.9. The van der Waals surface area contributed by atoms with E-state index in [4.69, 9.17) is 0 Å². The number of thiophene rings is 1. The van der Waals surface area contributed by atoms with Crippen LogP contribution in [-0.2, 0) is 12.8 Å². The first-order chi connectivity index (χ1) is 13.6. The van der Waals surface area contributed by atoms with E-state index < -0.39 is 0 Å². The lowest BCUT2D eigenvalue weighted by Gasteiger charge is -2.20. The van der Waals surface area contributed by atoms with Gasteiger partial charge in [-0.25, -0.2) is 0 Å². The van der Waals surface area contributed by atoms with E-state index in [1.54, 1.807) is 0 Å². The molecule has 4 nitrogen and oxygen atoms in total. The van der Waals surface area contributed by atoms with Crippen LogP contribution in [0.5, 0.6) is 0 Å². The van der Waals surface area contributed by atoms with Gasteiger partial charge in [-0.05, 0) is 56.8 Å². The molecule has 29 heavy (non-hydrogen) atoms. The van der Waals surface area contributed by atoms with Crippen LogP contribution in [-0.4, -0.2) is 50.1 Å². The van der Waals surface area contributed by atoms with Gasteiger partial charge in [0.1, 0.15) is 0 Å². The number of nitrogens with one attached hydrogen (secondary N) is 2. The van der Waals surface area contributed by atoms with Crippen molar-refractivity contribution >= 4 is 41.3 Å². The standard InChI is InChI=1S/C23H34N4S.HI/c1-18(15-22-10-9-19(2)28-22)26-23(24-3)25-16-21-12-14-27(17-21)13-11-20-7-5-4-6-8-20;/h4-10,18,21H,11-17H2,1-3H3,(H2,24,25,26);1H. The Morgan fingerprint density at radius 3 is 2.72 bits per heavy atom. The lowest BCUT2D eigenvalue weighted by Crippen LogP contribution is -2.44. The molecule has 0 amide bonds. The number of nitrogens with zero attached hydrogens (tertiary/aromatic N) is 2. The predicted octanol–water partition coefficient (Wildman–Crippen LogP) is 4.34. The molecule has 2 heterocycles. The fourth-order valence-electron chi connectivity index (χ4n) is 3.83. The van der Waals surface area contributed by atoms with E-state index in [-0.39, 0.29) is 24.0 Å². The molecule has 2 N–H and O–H groups in total. The number of rotatable bonds is 8. The van der Waals surface area contributed by atoms with E-state index >= 15 is 0 Å². The van der Waals surface area contributed by atoms with Gasteiger partial charge in [0.05, 0.1) is 0 Å². The molecular weight excluding hydrogens is 491 g/mol. The third kappa shape index (κ3) is 8.26. The van der Waals surface area contributed by atoms with Gasteiger partial charge in [-0.2, -0.15) is 0 Å². The number of benzene rings is 1. The summed E-state index contributed by atoms with van der Waals surface area (Å²) in [5, 5.41) is 7.08. The van der Waals surface area contributed by atoms with Gasteiger partial charge >= 0.3 is 0 Å². The molecule has 1 aromatic heterocycles. The minimum atomic E-state index is 0. The summed E-state index contributed by atoms with van der Waals surface area (Å²) in [6, 6.07) is 15.6. The molecule has 2 aromatic rings. The van der Waals surface area contributed by atoms with Crippen molar-refractivity contribution in [2.75, 3.05) is 33.2 Å². The zero-order valence-corrected chi connectivity index (χ0v) is 21.0. The van der Waals surface area contributed by atoms with Crippen LogP contribution in [0.4, 0.5) is 0 Å². The summed E-state index contributed by atoms with van der Waals surface area (Å²) in [7, 11) is 1.86. The van der Waals surface area contributed by atoms with Gasteiger partial charge in [-0.15, -0.1) is 35.3 Å². The Morgan fingerprint density at radius 1 is 1.24 bits per heavy atom. The van der Waals surface area contributed by atoms with E-state index in [0.29, 0.717) is 12.0 Å². The van der Waals surface area contributed by atoms with Crippen molar-refractivity contribution in [1.29, 1.82) is 0 Å². The maximum Gasteiger partial charge on any atom is 0.191 e. The molecule has 0 radical (unpaired) electrons. The van der Waals surface area contributed by atoms with Gasteiger partial charge in [-0.3, -0.25) is 4.99 Å². The second kappa shape index (κ2) is 12.5. The Hall–Kier alpha value is -1.12. The number of guanidine groups is 1. The first-order valence-corrected chi connectivity index (χ1v) is 11.2. The number of aliphatic imine (C=N–C) groups is 1. The van der Waals surface area contributed by atoms with E-state index in [1.807, 2.05) is 18.4 Å². The Morgan fingerprint density at radius 2 is 2.03 bits per heavy atom. The second-order valence-electron chi connectivity index (χ2n) is 7.91. The van der Waals surface area contributed by atoms with Gasteiger partial charge in [-0.1, -0.05) is 30.3 Å². The smallest absolute Gasteiger partial charge is 0.191 e. The second-order valence-corrected chi connectivity index (χ2v) is 9.28. The molecule has 3 rings (SSSR count). The number of hydrogen-bond acceptors (Lipinski definition) is 3. The summed E-state index contributed by atoms with van der Waals surface area (Å²) in [4.78, 5) is 9.82. The Bertz CT molecular complexity index is 746. The molecule has 1 aliphatic rings. The van der Waals surface area contributed by atoms with Crippen LogP contribution >= 0.6 is 35.3 Å². The zero-order chi connectivity index (χ0) is 19.8. The normalized spacial score (nSPS) is 18.3. The maximum absolute atomic E-state index is 4.42. The Balaban J connectivity index is 0.00000300. The molecule has 0 aliphatic carbocycles. The van der Waals surface area contributed by atoms with E-state index in [0.717, 1.165) is 31.9 Å². The Kier molecular flexibility index (Phi) is 10.4. The van der Waals surface area contributed by atoms with Crippen molar-refractivity contribution in [3.05, 3.63) is 57.8 Å². The molecule has 1 fully saturated rings. The molecule has 0 spiro atoms. The minimum absolute atomic E-state index is 0. The quantitative estimate of drug-likeness (QED) is 0.306. The summed E-state index contributed by atoms with van der Waals surface area (Å²) >= 11 is 1.88. The predicted molar refractivity (Wildman–Crippen MR) is 137 cm³/mol. The molecule has 0 saturated carbocycles. The van der Waals surface area contributed by atoms with Gasteiger partial charge in [0.25, 0.3) is 0 Å². The van der Waals surface area contributed by atoms with Crippen LogP contribution in [0.25, 0.3) is 0 Å². The van der Waals surface area contributed by atoms with Gasteiger partial charge in [0.2, 0.25) is 0 Å². The molecule has 6 heteroatoms. The van der Waals surface area contributed by atoms with E-state index in [2.05, 4.69) is 76.8 Å². The highest BCUT2D eigenvalue weighted by Gasteiger charge is 2.22. The highest BCUT2D eigenvalue weighted by Crippen LogP contribution is 2.17. The average Bonchev–Trinajstić information content (AvgIpc) is 3.33. The summed E-state index contributed by atoms with van der Waals surface area (Å²) in [5.74, 6) is 1.62. The molecule has 2 atom stereocenters. The first-order valence-electron chi connectivity index (χ1n) is 10.4. The molecule has 1 aromatic carbocycles. The third-order valence-corrected chi connectivity index (χ3v) is 6.42. The molecule has 0 bridgehead atoms. The van der Waals surface area contributed by atoms with Crippen LogP contribution in [0.1, 0.15) is 28.7 Å². The first kappa shape index (κ1) is 24.2. The van der Waals surface area contributed by atoms with Crippen LogP contribution in [0.2, 0.25) is 0 Å². The van der Waals surface area contributed by atoms with Gasteiger partial charge < -0.3 is 15.5 Å². The molecule has 160 valence electrons. The fourth-order valence-corrected chi connectivity index (χ4v) is 4.85. The van der Waals surface area contributed by atoms with Crippen molar-refractivity contribution in [3.63, 3.8) is 0 Å². The SMILES string of the molecule is CN=C(NCC1CCN(CCc2ccccc2)C1)NC(C)Cc1ccc(C)s1.I. The lowest BCUT2D eigenvalue weighted by molar-refractivity contribution is 0.328. The van der Waals surface area contributed by atoms with Crippen molar-refractivity contribution in [2.24, 2.45) is 10.9 Å². The number of aryl methyl sites for hydroxylation is 1. The van der Waals surface area contributed by atoms with Crippen LogP contribution in [0, 0.1) is 12.8 Å².